The summed E-state index contributed by atoms with van der Waals surface area (Å²) in [6.45, 7) is 4.29. The Morgan fingerprint density at radius 3 is 2.77 bits per heavy atom. The molecular formula is C22H25N7O2. The van der Waals surface area contributed by atoms with E-state index in [2.05, 4.69) is 31.9 Å². The molecule has 0 unspecified atom stereocenters. The van der Waals surface area contributed by atoms with E-state index in [4.69, 9.17) is 15.5 Å². The molecule has 0 aliphatic carbocycles. The first-order valence-electron chi connectivity index (χ1n) is 10.5. The topological polar surface area (TPSA) is 115 Å². The number of nitrogens with zero attached hydrogens (tertiary/aromatic N) is 5. The highest BCUT2D eigenvalue weighted by atomic mass is 16.5. The molecule has 2 fully saturated rings. The standard InChI is InChI=1S/C22H25N7O2/c1-14-18(23)22(13-31-14)8-11-29(12-9-22)21-25-19-17(20(30)28(21)2)16(26-27-19)7-6-15-5-3-4-10-24-15/h3-5,10,14,18H,8-9,11-13,23H2,1-2H3,(H,26,27)/t14-,18+/m0/s1. The van der Waals surface area contributed by atoms with Crippen molar-refractivity contribution < 1.29 is 4.74 Å². The molecule has 3 aromatic rings. The Morgan fingerprint density at radius 1 is 1.29 bits per heavy atom. The number of piperidine rings is 1. The number of hydrogen-bond acceptors (Lipinski definition) is 7. The molecule has 31 heavy (non-hydrogen) atoms. The summed E-state index contributed by atoms with van der Waals surface area (Å²) in [4.78, 5) is 24.2. The Kier molecular flexibility index (Phi) is 4.76. The molecule has 2 aliphatic rings. The average Bonchev–Trinajstić information content (AvgIpc) is 3.33. The van der Waals surface area contributed by atoms with Crippen LogP contribution in [0.1, 0.15) is 31.2 Å². The lowest BCUT2D eigenvalue weighted by Crippen LogP contribution is -2.51. The highest BCUT2D eigenvalue weighted by Gasteiger charge is 2.47. The summed E-state index contributed by atoms with van der Waals surface area (Å²) < 4.78 is 7.39. The van der Waals surface area contributed by atoms with Crippen molar-refractivity contribution in [3.63, 3.8) is 0 Å². The largest absolute Gasteiger partial charge is 0.376 e. The van der Waals surface area contributed by atoms with Crippen LogP contribution in [-0.4, -0.2) is 56.6 Å². The molecule has 2 atom stereocenters. The second kappa shape index (κ2) is 7.48. The summed E-state index contributed by atoms with van der Waals surface area (Å²) in [5.41, 5.74) is 7.71. The van der Waals surface area contributed by atoms with E-state index < -0.39 is 0 Å². The first-order valence-corrected chi connectivity index (χ1v) is 10.5. The molecule has 2 aliphatic heterocycles. The summed E-state index contributed by atoms with van der Waals surface area (Å²) in [5.74, 6) is 6.51. The van der Waals surface area contributed by atoms with Gasteiger partial charge in [-0.3, -0.25) is 14.5 Å². The van der Waals surface area contributed by atoms with Crippen LogP contribution in [0.3, 0.4) is 0 Å². The summed E-state index contributed by atoms with van der Waals surface area (Å²) in [6, 6.07) is 5.54. The zero-order valence-corrected chi connectivity index (χ0v) is 17.6. The van der Waals surface area contributed by atoms with Gasteiger partial charge >= 0.3 is 0 Å². The van der Waals surface area contributed by atoms with Crippen LogP contribution in [0.4, 0.5) is 5.95 Å². The molecule has 160 valence electrons. The SMILES string of the molecule is C[C@@H]1OCC2(CCN(c3nc4[nH]nc(C#Cc5ccccn5)c4c(=O)n3C)CC2)[C@@H]1N. The minimum atomic E-state index is -0.172. The maximum absolute atomic E-state index is 13.1. The lowest BCUT2D eigenvalue weighted by Gasteiger charge is -2.41. The van der Waals surface area contributed by atoms with Gasteiger partial charge in [0.2, 0.25) is 5.95 Å². The Morgan fingerprint density at radius 2 is 2.10 bits per heavy atom. The van der Waals surface area contributed by atoms with Crippen LogP contribution in [0, 0.1) is 17.3 Å². The summed E-state index contributed by atoms with van der Waals surface area (Å²) in [6.07, 6.45) is 3.58. The van der Waals surface area contributed by atoms with E-state index in [0.717, 1.165) is 25.9 Å². The van der Waals surface area contributed by atoms with Crippen LogP contribution in [0.15, 0.2) is 29.2 Å². The third kappa shape index (κ3) is 3.28. The van der Waals surface area contributed by atoms with Crippen molar-refractivity contribution in [2.75, 3.05) is 24.6 Å². The van der Waals surface area contributed by atoms with Crippen molar-refractivity contribution >= 4 is 17.0 Å². The molecule has 9 heteroatoms. The highest BCUT2D eigenvalue weighted by molar-refractivity contribution is 5.81. The van der Waals surface area contributed by atoms with E-state index >= 15 is 0 Å². The van der Waals surface area contributed by atoms with E-state index in [0.29, 0.717) is 35.0 Å². The van der Waals surface area contributed by atoms with Gasteiger partial charge in [-0.2, -0.15) is 10.1 Å². The molecule has 0 bridgehead atoms. The lowest BCUT2D eigenvalue weighted by atomic mass is 9.73. The van der Waals surface area contributed by atoms with Gasteiger partial charge < -0.3 is 15.4 Å². The average molecular weight is 419 g/mol. The highest BCUT2D eigenvalue weighted by Crippen LogP contribution is 2.41. The van der Waals surface area contributed by atoms with Gasteiger partial charge in [0.1, 0.15) is 11.1 Å². The number of anilines is 1. The summed E-state index contributed by atoms with van der Waals surface area (Å²) in [5, 5.41) is 7.48. The molecular weight excluding hydrogens is 394 g/mol. The Hall–Kier alpha value is -3.22. The van der Waals surface area contributed by atoms with Crippen LogP contribution in [0.25, 0.3) is 11.0 Å². The number of fused-ring (bicyclic) bond motifs is 1. The fourth-order valence-corrected chi connectivity index (χ4v) is 4.61. The van der Waals surface area contributed by atoms with Crippen molar-refractivity contribution in [1.29, 1.82) is 0 Å². The quantitative estimate of drug-likeness (QED) is 0.560. The van der Waals surface area contributed by atoms with E-state index in [1.807, 2.05) is 25.1 Å². The van der Waals surface area contributed by atoms with Crippen LogP contribution in [0.2, 0.25) is 0 Å². The summed E-state index contributed by atoms with van der Waals surface area (Å²) in [7, 11) is 1.74. The molecule has 5 rings (SSSR count). The van der Waals surface area contributed by atoms with Gasteiger partial charge in [-0.25, -0.2) is 4.98 Å². The van der Waals surface area contributed by atoms with Gasteiger partial charge in [0.25, 0.3) is 5.56 Å². The van der Waals surface area contributed by atoms with E-state index in [1.54, 1.807) is 17.8 Å². The Labute approximate surface area is 179 Å². The molecule has 9 nitrogen and oxygen atoms in total. The maximum Gasteiger partial charge on any atom is 0.267 e. The van der Waals surface area contributed by atoms with Gasteiger partial charge in [-0.1, -0.05) is 6.07 Å². The molecule has 2 saturated heterocycles. The zero-order valence-electron chi connectivity index (χ0n) is 17.6. The van der Waals surface area contributed by atoms with Gasteiger partial charge in [0.15, 0.2) is 11.3 Å². The van der Waals surface area contributed by atoms with Crippen molar-refractivity contribution in [2.45, 2.75) is 31.9 Å². The van der Waals surface area contributed by atoms with E-state index in [9.17, 15) is 4.79 Å². The third-order valence-electron chi connectivity index (χ3n) is 6.64. The van der Waals surface area contributed by atoms with Gasteiger partial charge in [-0.15, -0.1) is 0 Å². The van der Waals surface area contributed by atoms with E-state index in [1.165, 1.54) is 0 Å². The molecule has 0 radical (unpaired) electrons. The van der Waals surface area contributed by atoms with Crippen LogP contribution in [0.5, 0.6) is 0 Å². The minimum absolute atomic E-state index is 0.0150. The molecule has 0 saturated carbocycles. The third-order valence-corrected chi connectivity index (χ3v) is 6.64. The van der Waals surface area contributed by atoms with Gasteiger partial charge in [0, 0.05) is 37.8 Å². The predicted octanol–water partition coefficient (Wildman–Crippen LogP) is 0.784. The first kappa shape index (κ1) is 19.7. The number of ether oxygens (including phenoxy) is 1. The van der Waals surface area contributed by atoms with Crippen molar-refractivity contribution in [3.8, 4) is 11.8 Å². The minimum Gasteiger partial charge on any atom is -0.376 e. The number of hydrogen-bond donors (Lipinski definition) is 2. The predicted molar refractivity (Wildman–Crippen MR) is 117 cm³/mol. The van der Waals surface area contributed by atoms with Crippen LogP contribution >= 0.6 is 0 Å². The molecule has 3 N–H and O–H groups in total. The number of nitrogens with one attached hydrogen (secondary N) is 1. The maximum atomic E-state index is 13.1. The smallest absolute Gasteiger partial charge is 0.267 e. The molecule has 0 amide bonds. The fourth-order valence-electron chi connectivity index (χ4n) is 4.61. The Balaban J connectivity index is 1.44. The van der Waals surface area contributed by atoms with Crippen molar-refractivity contribution in [2.24, 2.45) is 18.2 Å². The van der Waals surface area contributed by atoms with Crippen molar-refractivity contribution in [3.05, 3.63) is 46.1 Å². The Bertz CT molecular complexity index is 1230. The molecule has 3 aromatic heterocycles. The monoisotopic (exact) mass is 419 g/mol. The number of pyridine rings is 1. The normalized spacial score (nSPS) is 22.6. The fraction of sp³-hybridized carbons (Fsp3) is 0.455. The van der Waals surface area contributed by atoms with Gasteiger partial charge in [-0.05, 0) is 43.7 Å². The number of aromatic nitrogens is 5. The number of nitrogens with two attached hydrogens (primary N) is 1. The van der Waals surface area contributed by atoms with Crippen LogP contribution < -0.4 is 16.2 Å². The first-order chi connectivity index (χ1) is 15.0. The van der Waals surface area contributed by atoms with E-state index in [-0.39, 0.29) is 23.1 Å². The van der Waals surface area contributed by atoms with Crippen molar-refractivity contribution in [1.82, 2.24) is 24.7 Å². The number of aromatic amines is 1. The molecule has 0 aromatic carbocycles. The second-order valence-electron chi connectivity index (χ2n) is 8.43. The van der Waals surface area contributed by atoms with Crippen LogP contribution in [-0.2, 0) is 11.8 Å². The summed E-state index contributed by atoms with van der Waals surface area (Å²) >= 11 is 0. The second-order valence-corrected chi connectivity index (χ2v) is 8.43. The number of H-pyrrole nitrogens is 1. The van der Waals surface area contributed by atoms with Gasteiger partial charge in [0.05, 0.1) is 12.7 Å². The molecule has 5 heterocycles. The number of rotatable bonds is 1. The molecule has 1 spiro atoms. The zero-order chi connectivity index (χ0) is 21.6. The lowest BCUT2D eigenvalue weighted by molar-refractivity contribution is 0.0973.